The molecule has 0 saturated carbocycles. The van der Waals surface area contributed by atoms with Crippen molar-refractivity contribution < 1.29 is 17.6 Å². The van der Waals surface area contributed by atoms with Gasteiger partial charge in [0.2, 0.25) is 5.09 Å². The molecule has 0 spiro atoms. The van der Waals surface area contributed by atoms with Gasteiger partial charge in [-0.3, -0.25) is 0 Å². The van der Waals surface area contributed by atoms with Gasteiger partial charge >= 0.3 is 0 Å². The third kappa shape index (κ3) is 5.76. The molecule has 1 aromatic heterocycles. The van der Waals surface area contributed by atoms with Crippen LogP contribution in [0.3, 0.4) is 0 Å². The standard InChI is InChI=1S/C13H25N3O4S/c1-15(2)8-9-16(3)21(17,18)13-6-5-12(20-13)11-14-7-10-19-4/h5-6,14H,7-11H2,1-4H3. The van der Waals surface area contributed by atoms with Gasteiger partial charge in [-0.05, 0) is 26.2 Å². The highest BCUT2D eigenvalue weighted by atomic mass is 32.2. The molecular weight excluding hydrogens is 294 g/mol. The van der Waals surface area contributed by atoms with E-state index in [-0.39, 0.29) is 5.09 Å². The van der Waals surface area contributed by atoms with E-state index in [2.05, 4.69) is 5.32 Å². The fraction of sp³-hybridized carbons (Fsp3) is 0.692. The minimum absolute atomic E-state index is 0.0210. The summed E-state index contributed by atoms with van der Waals surface area (Å²) < 4.78 is 36.2. The molecule has 122 valence electrons. The molecule has 7 nitrogen and oxygen atoms in total. The Morgan fingerprint density at radius 2 is 1.95 bits per heavy atom. The molecule has 0 aliphatic rings. The van der Waals surface area contributed by atoms with E-state index >= 15 is 0 Å². The molecule has 0 atom stereocenters. The number of rotatable bonds is 10. The van der Waals surface area contributed by atoms with Crippen LogP contribution in [0.4, 0.5) is 0 Å². The highest BCUT2D eigenvalue weighted by Crippen LogP contribution is 2.17. The first kappa shape index (κ1) is 18.1. The first-order valence-corrected chi connectivity index (χ1v) is 8.21. The van der Waals surface area contributed by atoms with Gasteiger partial charge in [-0.15, -0.1) is 0 Å². The van der Waals surface area contributed by atoms with Crippen LogP contribution in [0.5, 0.6) is 0 Å². The Bertz CT molecular complexity index is 513. The second kappa shape index (κ2) is 8.50. The van der Waals surface area contributed by atoms with E-state index < -0.39 is 10.0 Å². The third-order valence-electron chi connectivity index (χ3n) is 2.95. The molecule has 0 aromatic carbocycles. The zero-order chi connectivity index (χ0) is 15.9. The first-order valence-electron chi connectivity index (χ1n) is 6.77. The molecule has 8 heteroatoms. The van der Waals surface area contributed by atoms with Crippen molar-refractivity contribution in [3.8, 4) is 0 Å². The fourth-order valence-corrected chi connectivity index (χ4v) is 2.67. The summed E-state index contributed by atoms with van der Waals surface area (Å²) in [6.45, 7) is 2.82. The SMILES string of the molecule is COCCNCc1ccc(S(=O)(=O)N(C)CCN(C)C)o1. The van der Waals surface area contributed by atoms with E-state index in [1.54, 1.807) is 20.2 Å². The molecule has 0 saturated heterocycles. The number of methoxy groups -OCH3 is 1. The molecule has 0 radical (unpaired) electrons. The number of ether oxygens (including phenoxy) is 1. The minimum atomic E-state index is -3.56. The molecule has 21 heavy (non-hydrogen) atoms. The fourth-order valence-electron chi connectivity index (χ4n) is 1.59. The number of sulfonamides is 1. The number of nitrogens with one attached hydrogen (secondary N) is 1. The van der Waals surface area contributed by atoms with Crippen LogP contribution in [0.1, 0.15) is 5.76 Å². The molecule has 0 amide bonds. The van der Waals surface area contributed by atoms with Crippen molar-refractivity contribution in [1.29, 1.82) is 0 Å². The molecule has 0 unspecified atom stereocenters. The lowest BCUT2D eigenvalue weighted by Crippen LogP contribution is -2.33. The molecule has 0 bridgehead atoms. The van der Waals surface area contributed by atoms with Gasteiger partial charge in [0.05, 0.1) is 13.2 Å². The maximum atomic E-state index is 12.3. The van der Waals surface area contributed by atoms with E-state index in [9.17, 15) is 8.42 Å². The zero-order valence-corrected chi connectivity index (χ0v) is 13.9. The summed E-state index contributed by atoms with van der Waals surface area (Å²) in [6.07, 6.45) is 0. The Hall–Kier alpha value is -0.930. The smallest absolute Gasteiger partial charge is 0.276 e. The first-order chi connectivity index (χ1) is 9.87. The number of hydrogen-bond donors (Lipinski definition) is 1. The molecule has 1 heterocycles. The van der Waals surface area contributed by atoms with E-state index in [0.29, 0.717) is 38.5 Å². The van der Waals surface area contributed by atoms with Crippen LogP contribution in [0.15, 0.2) is 21.6 Å². The Labute approximate surface area is 126 Å². The van der Waals surface area contributed by atoms with E-state index in [1.807, 2.05) is 19.0 Å². The maximum absolute atomic E-state index is 12.3. The Morgan fingerprint density at radius 3 is 2.57 bits per heavy atom. The number of hydrogen-bond acceptors (Lipinski definition) is 6. The number of likely N-dealkylation sites (N-methyl/N-ethyl adjacent to an activating group) is 2. The quantitative estimate of drug-likeness (QED) is 0.621. The van der Waals surface area contributed by atoms with Gasteiger partial charge < -0.3 is 19.4 Å². The van der Waals surface area contributed by atoms with Crippen LogP contribution in [-0.4, -0.2) is 72.1 Å². The Balaban J connectivity index is 2.61. The predicted octanol–water partition coefficient (Wildman–Crippen LogP) is 0.198. The number of furan rings is 1. The molecule has 1 rings (SSSR count). The highest BCUT2D eigenvalue weighted by Gasteiger charge is 2.24. The normalized spacial score (nSPS) is 12.5. The average Bonchev–Trinajstić information content (AvgIpc) is 2.90. The van der Waals surface area contributed by atoms with Gasteiger partial charge in [0.1, 0.15) is 5.76 Å². The summed E-state index contributed by atoms with van der Waals surface area (Å²) >= 11 is 0. The van der Waals surface area contributed by atoms with Crippen molar-refractivity contribution in [2.75, 3.05) is 54.5 Å². The molecule has 1 N–H and O–H groups in total. The van der Waals surface area contributed by atoms with Gasteiger partial charge in [-0.1, -0.05) is 0 Å². The molecule has 0 fully saturated rings. The van der Waals surface area contributed by atoms with Crippen molar-refractivity contribution in [1.82, 2.24) is 14.5 Å². The summed E-state index contributed by atoms with van der Waals surface area (Å²) in [6, 6.07) is 3.17. The van der Waals surface area contributed by atoms with Crippen molar-refractivity contribution in [3.63, 3.8) is 0 Å². The lowest BCUT2D eigenvalue weighted by Gasteiger charge is -2.17. The van der Waals surface area contributed by atoms with Crippen LogP contribution in [-0.2, 0) is 21.3 Å². The summed E-state index contributed by atoms with van der Waals surface area (Å²) in [4.78, 5) is 1.93. The van der Waals surface area contributed by atoms with Gasteiger partial charge in [0.15, 0.2) is 0 Å². The zero-order valence-electron chi connectivity index (χ0n) is 13.1. The monoisotopic (exact) mass is 319 g/mol. The lowest BCUT2D eigenvalue weighted by molar-refractivity contribution is 0.198. The van der Waals surface area contributed by atoms with Crippen molar-refractivity contribution in [3.05, 3.63) is 17.9 Å². The summed E-state index contributed by atoms with van der Waals surface area (Å²) in [5.74, 6) is 0.589. The predicted molar refractivity (Wildman–Crippen MR) is 80.7 cm³/mol. The highest BCUT2D eigenvalue weighted by molar-refractivity contribution is 7.89. The second-order valence-corrected chi connectivity index (χ2v) is 7.00. The third-order valence-corrected chi connectivity index (χ3v) is 4.68. The van der Waals surface area contributed by atoms with Gasteiger partial charge in [0, 0.05) is 33.8 Å². The van der Waals surface area contributed by atoms with Crippen LogP contribution < -0.4 is 5.32 Å². The average molecular weight is 319 g/mol. The largest absolute Gasteiger partial charge is 0.447 e. The second-order valence-electron chi connectivity index (χ2n) is 5.02. The molecule has 1 aromatic rings. The topological polar surface area (TPSA) is 75.0 Å². The lowest BCUT2D eigenvalue weighted by atomic mass is 10.4. The van der Waals surface area contributed by atoms with E-state index in [4.69, 9.17) is 9.15 Å². The Kier molecular flexibility index (Phi) is 7.33. The minimum Gasteiger partial charge on any atom is -0.447 e. The van der Waals surface area contributed by atoms with Crippen molar-refractivity contribution in [2.24, 2.45) is 0 Å². The van der Waals surface area contributed by atoms with E-state index in [0.717, 1.165) is 0 Å². The van der Waals surface area contributed by atoms with Gasteiger partial charge in [-0.25, -0.2) is 8.42 Å². The van der Waals surface area contributed by atoms with E-state index in [1.165, 1.54) is 10.4 Å². The summed E-state index contributed by atoms with van der Waals surface area (Å²) in [5.41, 5.74) is 0. The van der Waals surface area contributed by atoms with Crippen LogP contribution in [0.25, 0.3) is 0 Å². The van der Waals surface area contributed by atoms with Crippen LogP contribution in [0.2, 0.25) is 0 Å². The number of nitrogens with zero attached hydrogens (tertiary/aromatic N) is 2. The summed E-state index contributed by atoms with van der Waals surface area (Å²) in [7, 11) is 3.42. The van der Waals surface area contributed by atoms with Gasteiger partial charge in [-0.2, -0.15) is 4.31 Å². The molecule has 0 aliphatic carbocycles. The summed E-state index contributed by atoms with van der Waals surface area (Å²) in [5, 5.41) is 3.08. The van der Waals surface area contributed by atoms with Gasteiger partial charge in [0.25, 0.3) is 10.0 Å². The van der Waals surface area contributed by atoms with Crippen LogP contribution in [0, 0.1) is 0 Å². The Morgan fingerprint density at radius 1 is 1.24 bits per heavy atom. The van der Waals surface area contributed by atoms with Crippen molar-refractivity contribution >= 4 is 10.0 Å². The maximum Gasteiger partial charge on any atom is 0.276 e. The van der Waals surface area contributed by atoms with Crippen molar-refractivity contribution in [2.45, 2.75) is 11.6 Å². The van der Waals surface area contributed by atoms with Crippen LogP contribution >= 0.6 is 0 Å². The molecular formula is C13H25N3O4S. The molecule has 0 aliphatic heterocycles.